The summed E-state index contributed by atoms with van der Waals surface area (Å²) in [4.78, 5) is 3.90. The molecule has 0 saturated carbocycles. The fraction of sp³-hybridized carbons (Fsp3) is 0.280. The van der Waals surface area contributed by atoms with Crippen LogP contribution in [0.25, 0.3) is 38.0 Å². The number of rotatable bonds is 3. The van der Waals surface area contributed by atoms with Gasteiger partial charge < -0.3 is 4.42 Å². The molecule has 0 aliphatic carbocycles. The van der Waals surface area contributed by atoms with Gasteiger partial charge in [-0.15, -0.1) is 0 Å². The summed E-state index contributed by atoms with van der Waals surface area (Å²) >= 11 is 0. The summed E-state index contributed by atoms with van der Waals surface area (Å²) in [6, 6.07) is 12.6. The van der Waals surface area contributed by atoms with Crippen molar-refractivity contribution < 1.29 is 8.98 Å². The van der Waals surface area contributed by atoms with Gasteiger partial charge in [0.15, 0.2) is 6.20 Å². The first-order chi connectivity index (χ1) is 13.4. The van der Waals surface area contributed by atoms with Crippen molar-refractivity contribution in [3.05, 3.63) is 70.7 Å². The lowest BCUT2D eigenvalue weighted by Gasteiger charge is -2.11. The molecule has 2 aromatic heterocycles. The zero-order chi connectivity index (χ0) is 20.0. The smallest absolute Gasteiger partial charge is 0.232 e. The number of hydrogen-bond donors (Lipinski definition) is 0. The first-order valence-electron chi connectivity index (χ1n) is 9.73. The molecule has 0 spiro atoms. The second-order valence-electron chi connectivity index (χ2n) is 8.04. The Labute approximate surface area is 166 Å². The van der Waals surface area contributed by atoms with Crippen molar-refractivity contribution >= 4 is 27.6 Å². The minimum atomic E-state index is 0.488. The van der Waals surface area contributed by atoms with Crippen molar-refractivity contribution in [2.24, 2.45) is 13.0 Å². The second kappa shape index (κ2) is 6.80. The van der Waals surface area contributed by atoms with Crippen molar-refractivity contribution in [1.82, 2.24) is 0 Å². The highest BCUT2D eigenvalue weighted by molar-refractivity contribution is 6.13. The van der Waals surface area contributed by atoms with E-state index in [4.69, 9.17) is 11.0 Å². The quantitative estimate of drug-likeness (QED) is 0.301. The van der Waals surface area contributed by atoms with E-state index in [1.54, 1.807) is 0 Å². The first kappa shape index (κ1) is 18.3. The minimum absolute atomic E-state index is 0.488. The Morgan fingerprint density at radius 1 is 1.04 bits per heavy atom. The van der Waals surface area contributed by atoms with Crippen LogP contribution in [0.15, 0.2) is 47.0 Å². The molecule has 0 amide bonds. The lowest BCUT2D eigenvalue weighted by Crippen LogP contribution is -2.30. The normalized spacial score (nSPS) is 11.5. The van der Waals surface area contributed by atoms with E-state index in [2.05, 4.69) is 61.4 Å². The van der Waals surface area contributed by atoms with E-state index in [9.17, 15) is 0 Å². The molecular weight excluding hydrogens is 344 g/mol. The molecule has 3 heteroatoms. The summed E-state index contributed by atoms with van der Waals surface area (Å²) in [5.41, 5.74) is 7.89. The van der Waals surface area contributed by atoms with E-state index in [-0.39, 0.29) is 0 Å². The molecule has 0 aliphatic rings. The molecule has 28 heavy (non-hydrogen) atoms. The van der Waals surface area contributed by atoms with E-state index in [1.165, 1.54) is 5.56 Å². The maximum absolute atomic E-state index is 7.84. The number of benzene rings is 2. The molecule has 0 fully saturated rings. The van der Waals surface area contributed by atoms with Gasteiger partial charge in [-0.25, -0.2) is 9.41 Å². The number of nitrogens with zero attached hydrogens (tertiary/aromatic N) is 2. The van der Waals surface area contributed by atoms with E-state index in [1.807, 2.05) is 25.4 Å². The molecule has 0 bridgehead atoms. The highest BCUT2D eigenvalue weighted by atomic mass is 16.3. The molecule has 0 aliphatic heterocycles. The Morgan fingerprint density at radius 2 is 1.82 bits per heavy atom. The van der Waals surface area contributed by atoms with Gasteiger partial charge in [-0.1, -0.05) is 31.5 Å². The second-order valence-corrected chi connectivity index (χ2v) is 8.04. The highest BCUT2D eigenvalue weighted by Crippen LogP contribution is 2.43. The molecule has 0 radical (unpaired) electrons. The van der Waals surface area contributed by atoms with Crippen molar-refractivity contribution in [3.63, 3.8) is 0 Å². The van der Waals surface area contributed by atoms with Gasteiger partial charge in [-0.2, -0.15) is 0 Å². The summed E-state index contributed by atoms with van der Waals surface area (Å²) in [5.74, 6) is 0.488. The van der Waals surface area contributed by atoms with Crippen LogP contribution in [0.2, 0.25) is 0 Å². The molecule has 140 valence electrons. The van der Waals surface area contributed by atoms with Crippen molar-refractivity contribution in [1.29, 1.82) is 0 Å². The number of pyridine rings is 1. The molecular formula is C25H25N2O+. The summed E-state index contributed by atoms with van der Waals surface area (Å²) in [6.45, 7) is 16.4. The molecule has 3 nitrogen and oxygen atoms in total. The van der Waals surface area contributed by atoms with Gasteiger partial charge in [-0.3, -0.25) is 0 Å². The zero-order valence-electron chi connectivity index (χ0n) is 17.1. The van der Waals surface area contributed by atoms with Crippen LogP contribution in [0.5, 0.6) is 0 Å². The molecule has 4 rings (SSSR count). The van der Waals surface area contributed by atoms with Crippen LogP contribution in [0.4, 0.5) is 5.69 Å². The number of aromatic nitrogens is 1. The van der Waals surface area contributed by atoms with Gasteiger partial charge in [0.25, 0.3) is 0 Å². The van der Waals surface area contributed by atoms with Gasteiger partial charge >= 0.3 is 0 Å². The predicted molar refractivity (Wildman–Crippen MR) is 115 cm³/mol. The molecule has 0 N–H and O–H groups in total. The Morgan fingerprint density at radius 3 is 2.50 bits per heavy atom. The fourth-order valence-corrected chi connectivity index (χ4v) is 4.11. The van der Waals surface area contributed by atoms with Crippen molar-refractivity contribution in [2.45, 2.75) is 34.1 Å². The zero-order valence-corrected chi connectivity index (χ0v) is 17.1. The summed E-state index contributed by atoms with van der Waals surface area (Å²) in [5, 5.41) is 2.11. The van der Waals surface area contributed by atoms with Crippen LogP contribution in [0, 0.1) is 26.3 Å². The van der Waals surface area contributed by atoms with Crippen LogP contribution in [0.1, 0.15) is 30.5 Å². The third kappa shape index (κ3) is 2.77. The summed E-state index contributed by atoms with van der Waals surface area (Å²) in [6.07, 6.45) is 2.93. The lowest BCUT2D eigenvalue weighted by atomic mass is 9.94. The van der Waals surface area contributed by atoms with E-state index < -0.39 is 0 Å². The number of fused-ring (bicyclic) bond motifs is 3. The number of hydrogen-bond acceptors (Lipinski definition) is 1. The standard InChI is InChI=1S/C25H25N2O/c1-15(2)13-19-17(4)14-20-18-11-10-16(3)22(21-9-7-8-12-27(21)6)24(18)28-25(20)23(19)26-5/h7-12,14-15H,13H2,1-4,6H3/q+1. The maximum atomic E-state index is 7.84. The molecule has 0 unspecified atom stereocenters. The van der Waals surface area contributed by atoms with E-state index >= 15 is 0 Å². The van der Waals surface area contributed by atoms with Crippen molar-refractivity contribution in [3.8, 4) is 11.3 Å². The SMILES string of the molecule is [C-]#[N+]c1c(CC(C)C)c(C)cc2c1oc1c(-c3cccc[n+]3C)c(C)ccc12. The summed E-state index contributed by atoms with van der Waals surface area (Å²) in [7, 11) is 2.05. The third-order valence-electron chi connectivity index (χ3n) is 5.48. The Kier molecular flexibility index (Phi) is 4.43. The van der Waals surface area contributed by atoms with E-state index in [0.717, 1.165) is 50.7 Å². The van der Waals surface area contributed by atoms with Gasteiger partial charge in [0.1, 0.15) is 18.2 Å². The van der Waals surface area contributed by atoms with Gasteiger partial charge in [-0.05, 0) is 49.4 Å². The van der Waals surface area contributed by atoms with Crippen LogP contribution in [0.3, 0.4) is 0 Å². The first-order valence-corrected chi connectivity index (χ1v) is 9.73. The minimum Gasteiger partial charge on any atom is -0.466 e. The van der Waals surface area contributed by atoms with Crippen molar-refractivity contribution in [2.75, 3.05) is 0 Å². The number of aryl methyl sites for hydroxylation is 3. The van der Waals surface area contributed by atoms with Crippen LogP contribution in [-0.4, -0.2) is 0 Å². The molecule has 0 atom stereocenters. The van der Waals surface area contributed by atoms with Gasteiger partial charge in [0, 0.05) is 22.9 Å². The fourth-order valence-electron chi connectivity index (χ4n) is 4.11. The third-order valence-corrected chi connectivity index (χ3v) is 5.48. The van der Waals surface area contributed by atoms with Gasteiger partial charge in [0.05, 0.1) is 12.1 Å². The topological polar surface area (TPSA) is 21.4 Å². The average molecular weight is 369 g/mol. The molecule has 4 aromatic rings. The summed E-state index contributed by atoms with van der Waals surface area (Å²) < 4.78 is 8.56. The Hall–Kier alpha value is -3.12. The molecule has 0 saturated heterocycles. The molecule has 2 heterocycles. The number of furan rings is 1. The predicted octanol–water partition coefficient (Wildman–Crippen LogP) is 6.44. The van der Waals surface area contributed by atoms with Crippen LogP contribution < -0.4 is 4.57 Å². The molecule has 2 aromatic carbocycles. The Bertz CT molecular complexity index is 1260. The Balaban J connectivity index is 2.13. The van der Waals surface area contributed by atoms with E-state index in [0.29, 0.717) is 11.6 Å². The largest absolute Gasteiger partial charge is 0.466 e. The average Bonchev–Trinajstić information content (AvgIpc) is 3.01. The van der Waals surface area contributed by atoms with Crippen LogP contribution in [-0.2, 0) is 13.5 Å². The van der Waals surface area contributed by atoms with Crippen LogP contribution >= 0.6 is 0 Å². The monoisotopic (exact) mass is 369 g/mol. The maximum Gasteiger partial charge on any atom is 0.232 e. The highest BCUT2D eigenvalue weighted by Gasteiger charge is 2.23. The van der Waals surface area contributed by atoms with Gasteiger partial charge in [0.2, 0.25) is 11.4 Å². The lowest BCUT2D eigenvalue weighted by molar-refractivity contribution is -0.660.